The second-order valence-corrected chi connectivity index (χ2v) is 9.39. The summed E-state index contributed by atoms with van der Waals surface area (Å²) < 4.78 is 10.3. The summed E-state index contributed by atoms with van der Waals surface area (Å²) in [6.45, 7) is 8.92. The number of amides is 1. The highest BCUT2D eigenvalue weighted by Crippen LogP contribution is 2.28. The number of carbonyl (C=O) groups excluding carboxylic acids is 2. The van der Waals surface area contributed by atoms with Crippen molar-refractivity contribution in [3.63, 3.8) is 0 Å². The van der Waals surface area contributed by atoms with Crippen molar-refractivity contribution in [3.8, 4) is 0 Å². The molecule has 5 heteroatoms. The van der Waals surface area contributed by atoms with E-state index in [1.807, 2.05) is 25.7 Å². The van der Waals surface area contributed by atoms with Crippen LogP contribution >= 0.6 is 0 Å². The first-order valence-electron chi connectivity index (χ1n) is 11.3. The molecule has 5 nitrogen and oxygen atoms in total. The van der Waals surface area contributed by atoms with Crippen molar-refractivity contribution in [2.45, 2.75) is 116 Å². The maximum absolute atomic E-state index is 12.7. The van der Waals surface area contributed by atoms with Crippen molar-refractivity contribution < 1.29 is 19.1 Å². The molecular formula is C23H43NO4. The minimum absolute atomic E-state index is 0.112. The Morgan fingerprint density at radius 1 is 0.893 bits per heavy atom. The lowest BCUT2D eigenvalue weighted by atomic mass is 9.86. The fourth-order valence-electron chi connectivity index (χ4n) is 3.84. The highest BCUT2D eigenvalue weighted by Gasteiger charge is 2.30. The van der Waals surface area contributed by atoms with E-state index in [1.54, 1.807) is 0 Å². The molecular weight excluding hydrogens is 354 g/mol. The zero-order valence-corrected chi connectivity index (χ0v) is 18.9. The molecule has 28 heavy (non-hydrogen) atoms. The van der Waals surface area contributed by atoms with Crippen LogP contribution in [0.1, 0.15) is 105 Å². The van der Waals surface area contributed by atoms with Gasteiger partial charge < -0.3 is 14.4 Å². The van der Waals surface area contributed by atoms with Crippen LogP contribution in [0.2, 0.25) is 0 Å². The number of methoxy groups -OCH3 is 1. The molecule has 1 aliphatic rings. The molecule has 0 radical (unpaired) electrons. The first kappa shape index (κ1) is 24.8. The van der Waals surface area contributed by atoms with Gasteiger partial charge in [-0.15, -0.1) is 0 Å². The molecule has 0 bridgehead atoms. The monoisotopic (exact) mass is 397 g/mol. The molecule has 164 valence electrons. The Hall–Kier alpha value is -1.26. The maximum Gasteiger partial charge on any atom is 0.410 e. The van der Waals surface area contributed by atoms with Crippen molar-refractivity contribution in [3.05, 3.63) is 0 Å². The Morgan fingerprint density at radius 2 is 1.43 bits per heavy atom. The minimum atomic E-state index is -0.443. The predicted molar refractivity (Wildman–Crippen MR) is 113 cm³/mol. The molecule has 1 aliphatic carbocycles. The lowest BCUT2D eigenvalue weighted by molar-refractivity contribution is -0.140. The molecule has 0 atom stereocenters. The lowest BCUT2D eigenvalue weighted by Gasteiger charge is -2.37. The molecule has 1 fully saturated rings. The topological polar surface area (TPSA) is 55.8 Å². The second kappa shape index (κ2) is 13.1. The first-order chi connectivity index (χ1) is 13.2. The van der Waals surface area contributed by atoms with Gasteiger partial charge in [0.15, 0.2) is 0 Å². The van der Waals surface area contributed by atoms with Crippen molar-refractivity contribution in [2.24, 2.45) is 5.92 Å². The largest absolute Gasteiger partial charge is 0.469 e. The Morgan fingerprint density at radius 3 is 1.96 bits per heavy atom. The van der Waals surface area contributed by atoms with Crippen LogP contribution in [0.25, 0.3) is 0 Å². The Balaban J connectivity index is 2.29. The van der Waals surface area contributed by atoms with Gasteiger partial charge in [0.2, 0.25) is 0 Å². The maximum atomic E-state index is 12.7. The number of esters is 1. The molecule has 0 aromatic rings. The molecule has 0 unspecified atom stereocenters. The molecule has 1 rings (SSSR count). The summed E-state index contributed by atoms with van der Waals surface area (Å²) in [6, 6.07) is 0.337. The Kier molecular flexibility index (Phi) is 11.6. The van der Waals surface area contributed by atoms with Crippen LogP contribution < -0.4 is 0 Å². The Labute approximate surface area is 172 Å². The molecule has 1 saturated carbocycles. The van der Waals surface area contributed by atoms with E-state index < -0.39 is 5.60 Å². The van der Waals surface area contributed by atoms with Gasteiger partial charge in [0.25, 0.3) is 0 Å². The minimum Gasteiger partial charge on any atom is -0.469 e. The number of rotatable bonds is 11. The average Bonchev–Trinajstić information content (AvgIpc) is 2.62. The fraction of sp³-hybridized carbons (Fsp3) is 0.913. The molecule has 0 aliphatic heterocycles. The van der Waals surface area contributed by atoms with Gasteiger partial charge in [-0.25, -0.2) is 4.79 Å². The van der Waals surface area contributed by atoms with Gasteiger partial charge in [-0.1, -0.05) is 39.0 Å². The van der Waals surface area contributed by atoms with Crippen molar-refractivity contribution >= 4 is 12.1 Å². The summed E-state index contributed by atoms with van der Waals surface area (Å²) >= 11 is 0. The van der Waals surface area contributed by atoms with E-state index in [4.69, 9.17) is 4.74 Å². The van der Waals surface area contributed by atoms with Gasteiger partial charge >= 0.3 is 12.1 Å². The van der Waals surface area contributed by atoms with E-state index in [0.29, 0.717) is 12.5 Å². The zero-order chi connectivity index (χ0) is 21.0. The quantitative estimate of drug-likeness (QED) is 0.312. The van der Waals surface area contributed by atoms with Crippen LogP contribution in [0.15, 0.2) is 0 Å². The van der Waals surface area contributed by atoms with E-state index in [-0.39, 0.29) is 12.1 Å². The molecule has 0 aromatic heterocycles. The molecule has 0 heterocycles. The number of nitrogens with zero attached hydrogens (tertiary/aromatic N) is 1. The molecule has 0 spiro atoms. The van der Waals surface area contributed by atoms with Gasteiger partial charge in [-0.2, -0.15) is 0 Å². The number of unbranched alkanes of at least 4 members (excludes halogenated alkanes) is 6. The summed E-state index contributed by atoms with van der Waals surface area (Å²) in [5.41, 5.74) is -0.443. The van der Waals surface area contributed by atoms with Crippen LogP contribution in [0.3, 0.4) is 0 Å². The van der Waals surface area contributed by atoms with Gasteiger partial charge in [0.1, 0.15) is 5.60 Å². The molecule has 1 amide bonds. The van der Waals surface area contributed by atoms with Crippen LogP contribution in [0.4, 0.5) is 4.79 Å². The highest BCUT2D eigenvalue weighted by atomic mass is 16.6. The Bertz CT molecular complexity index is 450. The summed E-state index contributed by atoms with van der Waals surface area (Å²) in [7, 11) is 1.44. The highest BCUT2D eigenvalue weighted by molar-refractivity contribution is 5.69. The number of carbonyl (C=O) groups is 2. The van der Waals surface area contributed by atoms with Gasteiger partial charge in [0.05, 0.1) is 7.11 Å². The summed E-state index contributed by atoms with van der Waals surface area (Å²) in [5.74, 6) is 0.662. The summed E-state index contributed by atoms with van der Waals surface area (Å²) in [4.78, 5) is 25.8. The van der Waals surface area contributed by atoms with E-state index in [1.165, 1.54) is 32.8 Å². The third kappa shape index (κ3) is 10.9. The molecule has 0 saturated heterocycles. The van der Waals surface area contributed by atoms with Crippen molar-refractivity contribution in [2.75, 3.05) is 13.7 Å². The number of hydrogen-bond donors (Lipinski definition) is 0. The summed E-state index contributed by atoms with van der Waals surface area (Å²) in [6.07, 6.45) is 12.7. The number of ether oxygens (including phenoxy) is 2. The van der Waals surface area contributed by atoms with Gasteiger partial charge in [0, 0.05) is 19.0 Å². The average molecular weight is 398 g/mol. The van der Waals surface area contributed by atoms with Crippen LogP contribution in [0, 0.1) is 5.92 Å². The van der Waals surface area contributed by atoms with Crippen molar-refractivity contribution in [1.29, 1.82) is 0 Å². The third-order valence-corrected chi connectivity index (χ3v) is 5.56. The fourth-order valence-corrected chi connectivity index (χ4v) is 3.84. The van der Waals surface area contributed by atoms with Crippen LogP contribution in [-0.2, 0) is 14.3 Å². The van der Waals surface area contributed by atoms with E-state index in [9.17, 15) is 9.59 Å². The molecule has 0 N–H and O–H groups in total. The van der Waals surface area contributed by atoms with Gasteiger partial charge in [-0.05, 0) is 65.2 Å². The lowest BCUT2D eigenvalue weighted by Crippen LogP contribution is -2.45. The van der Waals surface area contributed by atoms with E-state index in [0.717, 1.165) is 57.4 Å². The zero-order valence-electron chi connectivity index (χ0n) is 18.9. The van der Waals surface area contributed by atoms with Crippen molar-refractivity contribution in [1.82, 2.24) is 4.90 Å². The normalized spacial score (nSPS) is 19.9. The van der Waals surface area contributed by atoms with Gasteiger partial charge in [-0.3, -0.25) is 4.79 Å². The standard InChI is InChI=1S/C23H43NO4/c1-19-14-16-20(17-15-19)24(22(26)28-23(2,3)4)18-12-10-8-6-7-9-11-13-21(25)27-5/h19-20H,6-18H2,1-5H3. The smallest absolute Gasteiger partial charge is 0.410 e. The molecule has 0 aromatic carbocycles. The van der Waals surface area contributed by atoms with E-state index >= 15 is 0 Å². The SMILES string of the molecule is COC(=O)CCCCCCCCCN(C(=O)OC(C)(C)C)C1CCC(C)CC1. The third-order valence-electron chi connectivity index (χ3n) is 5.56. The summed E-state index contributed by atoms with van der Waals surface area (Å²) in [5, 5.41) is 0. The first-order valence-corrected chi connectivity index (χ1v) is 11.3. The van der Waals surface area contributed by atoms with Crippen LogP contribution in [0.5, 0.6) is 0 Å². The number of hydrogen-bond acceptors (Lipinski definition) is 4. The van der Waals surface area contributed by atoms with E-state index in [2.05, 4.69) is 11.7 Å². The van der Waals surface area contributed by atoms with Crippen LogP contribution in [-0.4, -0.2) is 42.3 Å². The predicted octanol–water partition coefficient (Wildman–Crippen LogP) is 6.10. The second-order valence-electron chi connectivity index (χ2n) is 9.39.